The summed E-state index contributed by atoms with van der Waals surface area (Å²) >= 11 is 0. The minimum atomic E-state index is -0.598. The summed E-state index contributed by atoms with van der Waals surface area (Å²) in [5.74, 6) is 2.13. The fourth-order valence-corrected chi connectivity index (χ4v) is 3.00. The van der Waals surface area contributed by atoms with Crippen LogP contribution in [0.3, 0.4) is 0 Å². The molecule has 2 unspecified atom stereocenters. The maximum absolute atomic E-state index is 11.9. The maximum Gasteiger partial charge on any atom is 0.173 e. The molecule has 0 fully saturated rings. The Hall–Kier alpha value is -2.32. The summed E-state index contributed by atoms with van der Waals surface area (Å²) in [5.41, 5.74) is 2.71. The van der Waals surface area contributed by atoms with Crippen LogP contribution in [-0.4, -0.2) is 5.78 Å². The molecular formula is C16H11NO. The predicted molar refractivity (Wildman–Crippen MR) is 68.1 cm³/mol. The van der Waals surface area contributed by atoms with Crippen LogP contribution in [0.25, 0.3) is 5.57 Å². The quantitative estimate of drug-likeness (QED) is 0.645. The van der Waals surface area contributed by atoms with Crippen molar-refractivity contribution in [3.63, 3.8) is 0 Å². The molecule has 2 nitrogen and oxygen atoms in total. The van der Waals surface area contributed by atoms with Crippen LogP contribution in [0.15, 0.2) is 30.3 Å². The molecule has 0 heterocycles. The number of fused-ring (bicyclic) bond motifs is 3. The molecule has 86 valence electrons. The van der Waals surface area contributed by atoms with E-state index in [0.717, 1.165) is 17.6 Å². The lowest BCUT2D eigenvalue weighted by atomic mass is 9.69. The summed E-state index contributed by atoms with van der Waals surface area (Å²) < 4.78 is 0. The van der Waals surface area contributed by atoms with Gasteiger partial charge in [0.25, 0.3) is 0 Å². The molecule has 0 spiro atoms. The monoisotopic (exact) mass is 233 g/mol. The number of benzene rings is 1. The average Bonchev–Trinajstić information content (AvgIpc) is 2.72. The topological polar surface area (TPSA) is 40.9 Å². The zero-order valence-electron chi connectivity index (χ0n) is 9.81. The number of carbonyl (C=O) groups is 1. The van der Waals surface area contributed by atoms with E-state index in [1.54, 1.807) is 6.08 Å². The minimum Gasteiger partial charge on any atom is -0.293 e. The molecule has 0 aromatic heterocycles. The van der Waals surface area contributed by atoms with Crippen LogP contribution >= 0.6 is 0 Å². The Morgan fingerprint density at radius 2 is 2.17 bits per heavy atom. The van der Waals surface area contributed by atoms with E-state index in [2.05, 4.69) is 12.0 Å². The molecule has 0 saturated carbocycles. The first kappa shape index (κ1) is 10.8. The number of rotatable bonds is 0. The Morgan fingerprint density at radius 3 is 2.89 bits per heavy atom. The van der Waals surface area contributed by atoms with Crippen molar-refractivity contribution < 1.29 is 4.79 Å². The predicted octanol–water partition coefficient (Wildman–Crippen LogP) is 2.36. The number of hydrogen-bond donors (Lipinski definition) is 0. The molecule has 0 radical (unpaired) electrons. The summed E-state index contributed by atoms with van der Waals surface area (Å²) in [6.45, 7) is 0. The average molecular weight is 233 g/mol. The van der Waals surface area contributed by atoms with Crippen molar-refractivity contribution in [1.82, 2.24) is 0 Å². The number of ketones is 1. The Morgan fingerprint density at radius 1 is 1.39 bits per heavy atom. The lowest BCUT2D eigenvalue weighted by molar-refractivity contribution is -0.117. The van der Waals surface area contributed by atoms with Crippen LogP contribution in [0.5, 0.6) is 0 Å². The SMILES string of the molecule is C#CC12Cc3ccccc3C1=CC(=O)C(C#N)C2. The van der Waals surface area contributed by atoms with E-state index < -0.39 is 11.3 Å². The molecule has 2 heteroatoms. The molecule has 2 atom stereocenters. The van der Waals surface area contributed by atoms with Crippen molar-refractivity contribution >= 4 is 11.4 Å². The van der Waals surface area contributed by atoms with Gasteiger partial charge in [-0.1, -0.05) is 30.2 Å². The highest BCUT2D eigenvalue weighted by Gasteiger charge is 2.46. The highest BCUT2D eigenvalue weighted by molar-refractivity contribution is 6.04. The summed E-state index contributed by atoms with van der Waals surface area (Å²) in [6.07, 6.45) is 8.47. The molecule has 18 heavy (non-hydrogen) atoms. The third-order valence-corrected chi connectivity index (χ3v) is 3.93. The minimum absolute atomic E-state index is 0.116. The molecule has 2 aliphatic carbocycles. The number of nitriles is 1. The van der Waals surface area contributed by atoms with Crippen molar-refractivity contribution in [3.8, 4) is 18.4 Å². The third-order valence-electron chi connectivity index (χ3n) is 3.93. The van der Waals surface area contributed by atoms with E-state index in [-0.39, 0.29) is 5.78 Å². The first-order valence-electron chi connectivity index (χ1n) is 5.92. The van der Waals surface area contributed by atoms with Gasteiger partial charge >= 0.3 is 0 Å². The zero-order chi connectivity index (χ0) is 12.8. The lowest BCUT2D eigenvalue weighted by Gasteiger charge is -2.30. The molecule has 0 N–H and O–H groups in total. The van der Waals surface area contributed by atoms with E-state index in [1.165, 1.54) is 5.56 Å². The van der Waals surface area contributed by atoms with Crippen molar-refractivity contribution in [3.05, 3.63) is 41.5 Å². The zero-order valence-corrected chi connectivity index (χ0v) is 9.81. The Labute approximate surface area is 106 Å². The fourth-order valence-electron chi connectivity index (χ4n) is 3.00. The van der Waals surface area contributed by atoms with Gasteiger partial charge in [-0.05, 0) is 35.6 Å². The van der Waals surface area contributed by atoms with Crippen LogP contribution < -0.4 is 0 Å². The second kappa shape index (κ2) is 3.59. The fraction of sp³-hybridized carbons (Fsp3) is 0.250. The lowest BCUT2D eigenvalue weighted by Crippen LogP contribution is -2.30. The van der Waals surface area contributed by atoms with E-state index in [9.17, 15) is 4.79 Å². The van der Waals surface area contributed by atoms with Crippen LogP contribution in [0.1, 0.15) is 17.5 Å². The molecule has 1 aromatic carbocycles. The van der Waals surface area contributed by atoms with Crippen molar-refractivity contribution in [2.45, 2.75) is 12.8 Å². The van der Waals surface area contributed by atoms with Crippen LogP contribution in [0.4, 0.5) is 0 Å². The standard InChI is InChI=1S/C16H11NO/c1-2-16-8-11-5-3-4-6-13(11)14(16)7-15(18)12(9-16)10-17/h1,3-7,12H,8-9H2. The number of allylic oxidation sites excluding steroid dienone is 2. The van der Waals surface area contributed by atoms with Crippen LogP contribution in [-0.2, 0) is 11.2 Å². The third kappa shape index (κ3) is 1.27. The van der Waals surface area contributed by atoms with Gasteiger partial charge in [-0.25, -0.2) is 0 Å². The van der Waals surface area contributed by atoms with Gasteiger partial charge in [0.05, 0.1) is 11.5 Å². The Bertz CT molecular complexity index is 656. The van der Waals surface area contributed by atoms with E-state index in [0.29, 0.717) is 6.42 Å². The van der Waals surface area contributed by atoms with Gasteiger partial charge in [0.15, 0.2) is 5.78 Å². The van der Waals surface area contributed by atoms with Crippen LogP contribution in [0, 0.1) is 35.0 Å². The molecule has 0 bridgehead atoms. The first-order valence-corrected chi connectivity index (χ1v) is 5.92. The van der Waals surface area contributed by atoms with Gasteiger partial charge in [-0.3, -0.25) is 4.79 Å². The molecule has 0 amide bonds. The Kier molecular flexibility index (Phi) is 2.15. The van der Waals surface area contributed by atoms with Gasteiger partial charge in [0, 0.05) is 0 Å². The maximum atomic E-state index is 11.9. The molecule has 1 aromatic rings. The van der Waals surface area contributed by atoms with Gasteiger partial charge in [-0.15, -0.1) is 6.42 Å². The van der Waals surface area contributed by atoms with Gasteiger partial charge < -0.3 is 0 Å². The van der Waals surface area contributed by atoms with Gasteiger partial charge in [-0.2, -0.15) is 5.26 Å². The number of carbonyl (C=O) groups excluding carboxylic acids is 1. The number of nitrogens with zero attached hydrogens (tertiary/aromatic N) is 1. The summed E-state index contributed by atoms with van der Waals surface area (Å²) in [4.78, 5) is 11.9. The van der Waals surface area contributed by atoms with Crippen LogP contribution in [0.2, 0.25) is 0 Å². The largest absolute Gasteiger partial charge is 0.293 e. The molecule has 2 aliphatic rings. The number of terminal acetylenes is 1. The second-order valence-corrected chi connectivity index (χ2v) is 4.91. The summed E-state index contributed by atoms with van der Waals surface area (Å²) in [6, 6.07) is 10.0. The molecule has 0 aliphatic heterocycles. The second-order valence-electron chi connectivity index (χ2n) is 4.91. The van der Waals surface area contributed by atoms with Crippen molar-refractivity contribution in [2.24, 2.45) is 11.3 Å². The highest BCUT2D eigenvalue weighted by Crippen LogP contribution is 2.52. The van der Waals surface area contributed by atoms with E-state index in [4.69, 9.17) is 11.7 Å². The molecule has 0 saturated heterocycles. The number of hydrogen-bond acceptors (Lipinski definition) is 2. The normalized spacial score (nSPS) is 28.7. The van der Waals surface area contributed by atoms with E-state index >= 15 is 0 Å². The first-order chi connectivity index (χ1) is 8.70. The van der Waals surface area contributed by atoms with Crippen molar-refractivity contribution in [1.29, 1.82) is 5.26 Å². The molecular weight excluding hydrogens is 222 g/mol. The molecule has 3 rings (SSSR count). The summed E-state index contributed by atoms with van der Waals surface area (Å²) in [7, 11) is 0. The smallest absolute Gasteiger partial charge is 0.173 e. The van der Waals surface area contributed by atoms with Gasteiger partial charge in [0.2, 0.25) is 0 Å². The Balaban J connectivity index is 2.21. The van der Waals surface area contributed by atoms with Gasteiger partial charge in [0.1, 0.15) is 5.92 Å². The van der Waals surface area contributed by atoms with Crippen molar-refractivity contribution in [2.75, 3.05) is 0 Å². The highest BCUT2D eigenvalue weighted by atomic mass is 16.1. The summed E-state index contributed by atoms with van der Waals surface area (Å²) in [5, 5.41) is 9.04. The van der Waals surface area contributed by atoms with E-state index in [1.807, 2.05) is 24.3 Å².